The SMILES string of the molecule is CC(C)Cc1nnc2n1NC1CCCC1S2. The summed E-state index contributed by atoms with van der Waals surface area (Å²) in [5, 5.41) is 10.3. The molecule has 5 heteroatoms. The lowest BCUT2D eigenvalue weighted by Gasteiger charge is -2.28. The van der Waals surface area contributed by atoms with E-state index in [1.54, 1.807) is 0 Å². The Morgan fingerprint density at radius 1 is 1.44 bits per heavy atom. The highest BCUT2D eigenvalue weighted by Gasteiger charge is 2.35. The molecule has 1 saturated carbocycles. The van der Waals surface area contributed by atoms with Gasteiger partial charge in [-0.2, -0.15) is 0 Å². The second kappa shape index (κ2) is 3.95. The third-order valence-corrected chi connectivity index (χ3v) is 4.64. The molecule has 2 heterocycles. The summed E-state index contributed by atoms with van der Waals surface area (Å²) in [5.41, 5.74) is 3.58. The van der Waals surface area contributed by atoms with E-state index < -0.39 is 0 Å². The van der Waals surface area contributed by atoms with E-state index in [1.807, 2.05) is 11.8 Å². The molecular weight excluding hydrogens is 220 g/mol. The van der Waals surface area contributed by atoms with E-state index in [0.29, 0.717) is 17.2 Å². The molecule has 88 valence electrons. The van der Waals surface area contributed by atoms with Crippen molar-refractivity contribution in [1.29, 1.82) is 0 Å². The van der Waals surface area contributed by atoms with Crippen LogP contribution in [-0.4, -0.2) is 26.2 Å². The van der Waals surface area contributed by atoms with Gasteiger partial charge in [0.05, 0.1) is 6.04 Å². The molecule has 3 rings (SSSR count). The molecule has 0 saturated heterocycles. The number of hydrogen-bond acceptors (Lipinski definition) is 4. The zero-order valence-corrected chi connectivity index (χ0v) is 10.6. The van der Waals surface area contributed by atoms with E-state index in [0.717, 1.165) is 17.4 Å². The Morgan fingerprint density at radius 3 is 3.12 bits per heavy atom. The molecule has 0 aromatic carbocycles. The molecule has 0 radical (unpaired) electrons. The maximum atomic E-state index is 4.29. The van der Waals surface area contributed by atoms with Crippen LogP contribution in [0.5, 0.6) is 0 Å². The minimum Gasteiger partial charge on any atom is -0.318 e. The highest BCUT2D eigenvalue weighted by atomic mass is 32.2. The molecule has 16 heavy (non-hydrogen) atoms. The second-order valence-corrected chi connectivity index (χ2v) is 6.36. The van der Waals surface area contributed by atoms with E-state index >= 15 is 0 Å². The van der Waals surface area contributed by atoms with Crippen molar-refractivity contribution >= 4 is 11.8 Å². The van der Waals surface area contributed by atoms with E-state index in [2.05, 4.69) is 34.1 Å². The highest BCUT2D eigenvalue weighted by molar-refractivity contribution is 7.99. The maximum absolute atomic E-state index is 4.29. The molecule has 1 fully saturated rings. The van der Waals surface area contributed by atoms with E-state index in [9.17, 15) is 0 Å². The van der Waals surface area contributed by atoms with Crippen LogP contribution >= 0.6 is 11.8 Å². The lowest BCUT2D eigenvalue weighted by molar-refractivity contribution is 0.554. The first kappa shape index (κ1) is 10.4. The summed E-state index contributed by atoms with van der Waals surface area (Å²) in [6, 6.07) is 0.624. The molecule has 1 aliphatic carbocycles. The maximum Gasteiger partial charge on any atom is 0.210 e. The molecule has 1 aromatic rings. The first-order chi connectivity index (χ1) is 7.74. The monoisotopic (exact) mass is 238 g/mol. The standard InChI is InChI=1S/C11H18N4S/c1-7(2)6-10-12-13-11-15(10)14-8-4-3-5-9(8)16-11/h7-9,14H,3-6H2,1-2H3. The van der Waals surface area contributed by atoms with E-state index in [4.69, 9.17) is 0 Å². The number of hydrogen-bond donors (Lipinski definition) is 1. The van der Waals surface area contributed by atoms with E-state index in [-0.39, 0.29) is 0 Å². The number of thioether (sulfide) groups is 1. The summed E-state index contributed by atoms with van der Waals surface area (Å²) in [7, 11) is 0. The Morgan fingerprint density at radius 2 is 2.31 bits per heavy atom. The molecule has 2 atom stereocenters. The van der Waals surface area contributed by atoms with Crippen LogP contribution in [0.2, 0.25) is 0 Å². The fourth-order valence-corrected chi connectivity index (χ4v) is 3.79. The summed E-state index contributed by atoms with van der Waals surface area (Å²) < 4.78 is 2.12. The summed E-state index contributed by atoms with van der Waals surface area (Å²) in [6.07, 6.45) is 4.94. The van der Waals surface area contributed by atoms with Gasteiger partial charge in [-0.05, 0) is 18.8 Å². The zero-order valence-electron chi connectivity index (χ0n) is 9.81. The number of nitrogens with zero attached hydrogens (tertiary/aromatic N) is 3. The molecule has 0 amide bonds. The van der Waals surface area contributed by atoms with Gasteiger partial charge in [0.15, 0.2) is 5.82 Å². The molecule has 1 N–H and O–H groups in total. The quantitative estimate of drug-likeness (QED) is 0.856. The van der Waals surface area contributed by atoms with Gasteiger partial charge in [0.2, 0.25) is 5.16 Å². The minimum atomic E-state index is 0.624. The smallest absolute Gasteiger partial charge is 0.210 e. The Kier molecular flexibility index (Phi) is 2.58. The third-order valence-electron chi connectivity index (χ3n) is 3.30. The van der Waals surface area contributed by atoms with Crippen molar-refractivity contribution < 1.29 is 0 Å². The van der Waals surface area contributed by atoms with Gasteiger partial charge >= 0.3 is 0 Å². The minimum absolute atomic E-state index is 0.624. The van der Waals surface area contributed by atoms with Crippen molar-refractivity contribution in [2.24, 2.45) is 5.92 Å². The summed E-state index contributed by atoms with van der Waals surface area (Å²) in [4.78, 5) is 0. The van der Waals surface area contributed by atoms with Crippen molar-refractivity contribution in [3.63, 3.8) is 0 Å². The van der Waals surface area contributed by atoms with Crippen molar-refractivity contribution in [3.8, 4) is 0 Å². The molecule has 0 spiro atoms. The van der Waals surface area contributed by atoms with Crippen molar-refractivity contribution in [3.05, 3.63) is 5.82 Å². The first-order valence-corrected chi connectivity index (χ1v) is 6.99. The van der Waals surface area contributed by atoms with Crippen LogP contribution in [0.25, 0.3) is 0 Å². The predicted molar refractivity (Wildman–Crippen MR) is 65.2 cm³/mol. The highest BCUT2D eigenvalue weighted by Crippen LogP contribution is 2.38. The fourth-order valence-electron chi connectivity index (χ4n) is 2.52. The van der Waals surface area contributed by atoms with Gasteiger partial charge in [-0.15, -0.1) is 10.2 Å². The molecule has 2 unspecified atom stereocenters. The normalized spacial score (nSPS) is 27.7. The van der Waals surface area contributed by atoms with Gasteiger partial charge < -0.3 is 5.43 Å². The number of rotatable bonds is 2. The van der Waals surface area contributed by atoms with Crippen LogP contribution in [-0.2, 0) is 6.42 Å². The van der Waals surface area contributed by atoms with Crippen LogP contribution in [0.15, 0.2) is 5.16 Å². The van der Waals surface area contributed by atoms with Crippen molar-refractivity contribution in [1.82, 2.24) is 14.9 Å². The van der Waals surface area contributed by atoms with Crippen molar-refractivity contribution in [2.45, 2.75) is 56.0 Å². The zero-order chi connectivity index (χ0) is 11.1. The molecular formula is C11H18N4S. The average molecular weight is 238 g/mol. The largest absolute Gasteiger partial charge is 0.318 e. The Bertz CT molecular complexity index is 387. The summed E-state index contributed by atoms with van der Waals surface area (Å²) in [6.45, 7) is 4.44. The number of fused-ring (bicyclic) bond motifs is 2. The Hall–Kier alpha value is -0.710. The van der Waals surface area contributed by atoms with Crippen LogP contribution in [0.3, 0.4) is 0 Å². The second-order valence-electron chi connectivity index (χ2n) is 5.15. The van der Waals surface area contributed by atoms with Gasteiger partial charge in [0.25, 0.3) is 0 Å². The Labute approximate surface area is 100 Å². The molecule has 1 aromatic heterocycles. The van der Waals surface area contributed by atoms with Gasteiger partial charge in [-0.3, -0.25) is 0 Å². The lowest BCUT2D eigenvalue weighted by Crippen LogP contribution is -2.38. The predicted octanol–water partition coefficient (Wildman–Crippen LogP) is 2.05. The van der Waals surface area contributed by atoms with Crippen molar-refractivity contribution in [2.75, 3.05) is 5.43 Å². The van der Waals surface area contributed by atoms with E-state index in [1.165, 1.54) is 19.3 Å². The number of aromatic nitrogens is 3. The van der Waals surface area contributed by atoms with Gasteiger partial charge in [-0.1, -0.05) is 32.0 Å². The lowest BCUT2D eigenvalue weighted by atomic mass is 10.1. The molecule has 2 aliphatic rings. The van der Waals surface area contributed by atoms with Gasteiger partial charge in [0, 0.05) is 11.7 Å². The topological polar surface area (TPSA) is 42.7 Å². The van der Waals surface area contributed by atoms with Crippen LogP contribution in [0.4, 0.5) is 0 Å². The Balaban J connectivity index is 1.86. The fraction of sp³-hybridized carbons (Fsp3) is 0.818. The van der Waals surface area contributed by atoms with Crippen LogP contribution in [0.1, 0.15) is 38.9 Å². The summed E-state index contributed by atoms with van der Waals surface area (Å²) in [5.74, 6) is 1.71. The van der Waals surface area contributed by atoms with Gasteiger partial charge in [0.1, 0.15) is 0 Å². The van der Waals surface area contributed by atoms with Gasteiger partial charge in [-0.25, -0.2) is 4.68 Å². The summed E-state index contributed by atoms with van der Waals surface area (Å²) >= 11 is 1.90. The first-order valence-electron chi connectivity index (χ1n) is 6.11. The average Bonchev–Trinajstić information content (AvgIpc) is 2.81. The number of nitrogens with one attached hydrogen (secondary N) is 1. The molecule has 1 aliphatic heterocycles. The van der Waals surface area contributed by atoms with Crippen LogP contribution in [0, 0.1) is 5.92 Å². The molecule has 4 nitrogen and oxygen atoms in total. The third kappa shape index (κ3) is 1.71. The van der Waals surface area contributed by atoms with Crippen LogP contribution < -0.4 is 5.43 Å². The molecule has 0 bridgehead atoms.